The summed E-state index contributed by atoms with van der Waals surface area (Å²) in [6, 6.07) is 8.49. The molecule has 1 aromatic carbocycles. The lowest BCUT2D eigenvalue weighted by Gasteiger charge is -2.11. The van der Waals surface area contributed by atoms with Gasteiger partial charge in [0.1, 0.15) is 5.82 Å². The van der Waals surface area contributed by atoms with Gasteiger partial charge in [-0.25, -0.2) is 18.5 Å². The second-order valence-electron chi connectivity index (χ2n) is 6.69. The SMILES string of the molecule is Cc1cc(NCCc2ccc(S(N)(=O)=O)cc2)nc(NCCC(C)C)n1. The van der Waals surface area contributed by atoms with Crippen molar-refractivity contribution in [2.45, 2.75) is 38.5 Å². The molecule has 0 fully saturated rings. The molecule has 0 atom stereocenters. The van der Waals surface area contributed by atoms with Gasteiger partial charge in [-0.2, -0.15) is 4.98 Å². The summed E-state index contributed by atoms with van der Waals surface area (Å²) in [4.78, 5) is 9.00. The van der Waals surface area contributed by atoms with Gasteiger partial charge in [0.05, 0.1) is 4.90 Å². The summed E-state index contributed by atoms with van der Waals surface area (Å²) in [5.41, 5.74) is 1.91. The Balaban J connectivity index is 1.89. The second-order valence-corrected chi connectivity index (χ2v) is 8.25. The number of rotatable bonds is 9. The number of benzene rings is 1. The minimum atomic E-state index is -3.65. The number of hydrogen-bond acceptors (Lipinski definition) is 6. The fourth-order valence-electron chi connectivity index (χ4n) is 2.39. The molecule has 8 heteroatoms. The number of aromatic nitrogens is 2. The molecule has 0 saturated heterocycles. The molecule has 0 spiro atoms. The van der Waals surface area contributed by atoms with Gasteiger partial charge in [0.2, 0.25) is 16.0 Å². The maximum absolute atomic E-state index is 11.3. The first kappa shape index (κ1) is 20.1. The molecule has 0 radical (unpaired) electrons. The lowest BCUT2D eigenvalue weighted by atomic mass is 10.1. The van der Waals surface area contributed by atoms with Gasteiger partial charge < -0.3 is 10.6 Å². The average molecular weight is 378 g/mol. The minimum Gasteiger partial charge on any atom is -0.370 e. The Morgan fingerprint density at radius 1 is 1.08 bits per heavy atom. The minimum absolute atomic E-state index is 0.123. The van der Waals surface area contributed by atoms with Gasteiger partial charge in [0.15, 0.2) is 0 Å². The van der Waals surface area contributed by atoms with E-state index in [2.05, 4.69) is 34.4 Å². The summed E-state index contributed by atoms with van der Waals surface area (Å²) in [5.74, 6) is 2.03. The Morgan fingerprint density at radius 3 is 2.38 bits per heavy atom. The van der Waals surface area contributed by atoms with Gasteiger partial charge in [0, 0.05) is 24.8 Å². The Hall–Kier alpha value is -2.19. The van der Waals surface area contributed by atoms with Gasteiger partial charge in [-0.3, -0.25) is 0 Å². The number of sulfonamides is 1. The van der Waals surface area contributed by atoms with Crippen LogP contribution < -0.4 is 15.8 Å². The van der Waals surface area contributed by atoms with E-state index in [1.165, 1.54) is 12.1 Å². The molecule has 26 heavy (non-hydrogen) atoms. The molecule has 1 aromatic heterocycles. The molecule has 4 N–H and O–H groups in total. The van der Waals surface area contributed by atoms with Crippen LogP contribution in [0.1, 0.15) is 31.5 Å². The summed E-state index contributed by atoms with van der Waals surface area (Å²) >= 11 is 0. The first-order chi connectivity index (χ1) is 12.2. The zero-order chi connectivity index (χ0) is 19.2. The number of anilines is 2. The molecule has 0 aliphatic heterocycles. The first-order valence-corrected chi connectivity index (χ1v) is 10.2. The lowest BCUT2D eigenvalue weighted by molar-refractivity contribution is 0.597. The Bertz CT molecular complexity index is 820. The van der Waals surface area contributed by atoms with Crippen LogP contribution in [0, 0.1) is 12.8 Å². The molecule has 0 unspecified atom stereocenters. The van der Waals surface area contributed by atoms with Gasteiger partial charge >= 0.3 is 0 Å². The van der Waals surface area contributed by atoms with Gasteiger partial charge in [0.25, 0.3) is 0 Å². The molecule has 0 aliphatic carbocycles. The van der Waals surface area contributed by atoms with Crippen molar-refractivity contribution in [2.24, 2.45) is 11.1 Å². The number of primary sulfonamides is 1. The molecule has 2 rings (SSSR count). The van der Waals surface area contributed by atoms with E-state index in [-0.39, 0.29) is 4.90 Å². The van der Waals surface area contributed by atoms with Crippen LogP contribution in [0.2, 0.25) is 0 Å². The fraction of sp³-hybridized carbons (Fsp3) is 0.444. The van der Waals surface area contributed by atoms with Crippen molar-refractivity contribution < 1.29 is 8.42 Å². The predicted molar refractivity (Wildman–Crippen MR) is 105 cm³/mol. The summed E-state index contributed by atoms with van der Waals surface area (Å²) < 4.78 is 22.5. The van der Waals surface area contributed by atoms with Gasteiger partial charge in [-0.15, -0.1) is 0 Å². The second kappa shape index (κ2) is 8.95. The monoisotopic (exact) mass is 377 g/mol. The highest BCUT2D eigenvalue weighted by atomic mass is 32.2. The lowest BCUT2D eigenvalue weighted by Crippen LogP contribution is -2.13. The Morgan fingerprint density at radius 2 is 1.77 bits per heavy atom. The van der Waals surface area contributed by atoms with Gasteiger partial charge in [-0.1, -0.05) is 26.0 Å². The molecule has 142 valence electrons. The molecule has 0 saturated carbocycles. The fourth-order valence-corrected chi connectivity index (χ4v) is 2.91. The Labute approximate surface area is 155 Å². The van der Waals surface area contributed by atoms with Crippen LogP contribution in [0.15, 0.2) is 35.2 Å². The molecule has 0 bridgehead atoms. The van der Waals surface area contributed by atoms with E-state index in [4.69, 9.17) is 5.14 Å². The highest BCUT2D eigenvalue weighted by molar-refractivity contribution is 7.89. The summed E-state index contributed by atoms with van der Waals surface area (Å²) in [6.45, 7) is 7.82. The molecule has 2 aromatic rings. The Kier molecular flexibility index (Phi) is 6.93. The standard InChI is InChI=1S/C18H27N5O2S/c1-13(2)8-10-21-18-22-14(3)12-17(23-18)20-11-9-15-4-6-16(7-5-15)26(19,24)25/h4-7,12-13H,8-11H2,1-3H3,(H2,19,24,25)(H2,20,21,22,23). The van der Waals surface area contributed by atoms with Crippen molar-refractivity contribution in [1.82, 2.24) is 9.97 Å². The molecule has 0 amide bonds. The smallest absolute Gasteiger partial charge is 0.238 e. The van der Waals surface area contributed by atoms with Crippen LogP contribution in [-0.4, -0.2) is 31.5 Å². The van der Waals surface area contributed by atoms with Crippen LogP contribution in [0.25, 0.3) is 0 Å². The molecule has 0 aliphatic rings. The number of nitrogens with zero attached hydrogens (tertiary/aromatic N) is 2. The van der Waals surface area contributed by atoms with E-state index in [1.54, 1.807) is 12.1 Å². The predicted octanol–water partition coefficient (Wildman–Crippen LogP) is 2.55. The van der Waals surface area contributed by atoms with Crippen LogP contribution in [0.5, 0.6) is 0 Å². The summed E-state index contributed by atoms with van der Waals surface area (Å²) in [7, 11) is -3.65. The van der Waals surface area contributed by atoms with Gasteiger partial charge in [-0.05, 0) is 43.4 Å². The molecular formula is C18H27N5O2S. The zero-order valence-electron chi connectivity index (χ0n) is 15.5. The topological polar surface area (TPSA) is 110 Å². The third-order valence-electron chi connectivity index (χ3n) is 3.83. The van der Waals surface area contributed by atoms with E-state index in [9.17, 15) is 8.42 Å². The third kappa shape index (κ3) is 6.61. The third-order valence-corrected chi connectivity index (χ3v) is 4.76. The number of hydrogen-bond donors (Lipinski definition) is 3. The summed E-state index contributed by atoms with van der Waals surface area (Å²) in [6.07, 6.45) is 1.80. The highest BCUT2D eigenvalue weighted by Crippen LogP contribution is 2.12. The van der Waals surface area contributed by atoms with Crippen molar-refractivity contribution in [3.8, 4) is 0 Å². The van der Waals surface area contributed by atoms with E-state index in [1.807, 2.05) is 13.0 Å². The van der Waals surface area contributed by atoms with Crippen LogP contribution in [-0.2, 0) is 16.4 Å². The average Bonchev–Trinajstić information content (AvgIpc) is 2.54. The highest BCUT2D eigenvalue weighted by Gasteiger charge is 2.07. The van der Waals surface area contributed by atoms with Crippen LogP contribution >= 0.6 is 0 Å². The normalized spacial score (nSPS) is 11.6. The van der Waals surface area contributed by atoms with E-state index >= 15 is 0 Å². The van der Waals surface area contributed by atoms with Crippen molar-refractivity contribution in [3.63, 3.8) is 0 Å². The van der Waals surface area contributed by atoms with Crippen molar-refractivity contribution in [2.75, 3.05) is 23.7 Å². The van der Waals surface area contributed by atoms with Crippen molar-refractivity contribution >= 4 is 21.8 Å². The summed E-state index contributed by atoms with van der Waals surface area (Å²) in [5, 5.41) is 11.6. The first-order valence-electron chi connectivity index (χ1n) is 8.69. The van der Waals surface area contributed by atoms with Crippen molar-refractivity contribution in [1.29, 1.82) is 0 Å². The van der Waals surface area contributed by atoms with Crippen LogP contribution in [0.4, 0.5) is 11.8 Å². The van der Waals surface area contributed by atoms with E-state index in [0.29, 0.717) is 18.4 Å². The number of nitrogens with one attached hydrogen (secondary N) is 2. The number of nitrogens with two attached hydrogens (primary N) is 1. The molecule has 7 nitrogen and oxygen atoms in total. The zero-order valence-corrected chi connectivity index (χ0v) is 16.3. The molecular weight excluding hydrogens is 350 g/mol. The van der Waals surface area contributed by atoms with Crippen LogP contribution in [0.3, 0.4) is 0 Å². The maximum Gasteiger partial charge on any atom is 0.238 e. The van der Waals surface area contributed by atoms with E-state index in [0.717, 1.165) is 36.5 Å². The molecule has 1 heterocycles. The number of aryl methyl sites for hydroxylation is 1. The maximum atomic E-state index is 11.3. The van der Waals surface area contributed by atoms with Crippen molar-refractivity contribution in [3.05, 3.63) is 41.6 Å². The quantitative estimate of drug-likeness (QED) is 0.619. The largest absolute Gasteiger partial charge is 0.370 e. The van der Waals surface area contributed by atoms with E-state index < -0.39 is 10.0 Å².